The minimum atomic E-state index is -0.933. The van der Waals surface area contributed by atoms with Crippen molar-refractivity contribution >= 4 is 35.4 Å². The molecular weight excluding hydrogens is 349 g/mol. The summed E-state index contributed by atoms with van der Waals surface area (Å²) < 4.78 is 18.2. The number of para-hydroxylation sites is 1. The van der Waals surface area contributed by atoms with Crippen molar-refractivity contribution in [2.45, 2.75) is 5.03 Å². The zero-order valence-corrected chi connectivity index (χ0v) is 13.9. The zero-order valence-electron chi connectivity index (χ0n) is 13.1. The smallest absolute Gasteiger partial charge is 0.341 e. The van der Waals surface area contributed by atoms with Crippen LogP contribution in [0.15, 0.2) is 47.6 Å². The van der Waals surface area contributed by atoms with E-state index >= 15 is 0 Å². The summed E-state index contributed by atoms with van der Waals surface area (Å²) >= 11 is 1.26. The Bertz CT molecular complexity index is 800. The third-order valence-corrected chi connectivity index (χ3v) is 3.61. The highest BCUT2D eigenvalue weighted by Crippen LogP contribution is 2.17. The summed E-state index contributed by atoms with van der Waals surface area (Å²) in [5.41, 5.74) is 0.142. The number of benzene rings is 1. The second kappa shape index (κ2) is 8.78. The van der Waals surface area contributed by atoms with Gasteiger partial charge < -0.3 is 10.1 Å². The Hall–Kier alpha value is -2.94. The van der Waals surface area contributed by atoms with E-state index in [0.29, 0.717) is 5.03 Å². The van der Waals surface area contributed by atoms with E-state index in [2.05, 4.69) is 10.3 Å². The first-order chi connectivity index (χ1) is 12.0. The van der Waals surface area contributed by atoms with Crippen LogP contribution in [0.1, 0.15) is 10.4 Å². The lowest BCUT2D eigenvalue weighted by Gasteiger charge is -2.09. The molecule has 0 saturated carbocycles. The molecule has 0 spiro atoms. The lowest BCUT2D eigenvalue weighted by atomic mass is 10.3. The van der Waals surface area contributed by atoms with Crippen LogP contribution in [0.5, 0.6) is 0 Å². The Kier molecular flexibility index (Phi) is 6.47. The maximum Gasteiger partial charge on any atom is 0.341 e. The van der Waals surface area contributed by atoms with Crippen molar-refractivity contribution in [1.82, 2.24) is 10.3 Å². The molecule has 3 amide bonds. The summed E-state index contributed by atoms with van der Waals surface area (Å²) in [4.78, 5) is 39.2. The lowest BCUT2D eigenvalue weighted by Crippen LogP contribution is -2.37. The van der Waals surface area contributed by atoms with E-state index < -0.39 is 30.3 Å². The molecule has 2 aromatic rings. The van der Waals surface area contributed by atoms with Crippen LogP contribution < -0.4 is 10.6 Å². The Labute approximate surface area is 147 Å². The van der Waals surface area contributed by atoms with Gasteiger partial charge in [-0.25, -0.2) is 19.0 Å². The average Bonchev–Trinajstić information content (AvgIpc) is 2.61. The number of hydrogen-bond acceptors (Lipinski definition) is 6. The number of aromatic nitrogens is 1. The Morgan fingerprint density at radius 3 is 2.68 bits per heavy atom. The van der Waals surface area contributed by atoms with Gasteiger partial charge in [-0.3, -0.25) is 10.1 Å². The molecule has 0 saturated heterocycles. The quantitative estimate of drug-likeness (QED) is 0.626. The van der Waals surface area contributed by atoms with E-state index in [1.54, 1.807) is 12.3 Å². The lowest BCUT2D eigenvalue weighted by molar-refractivity contribution is -0.123. The minimum absolute atomic E-state index is 0.0789. The van der Waals surface area contributed by atoms with Gasteiger partial charge in [-0.15, -0.1) is 11.8 Å². The fourth-order valence-electron chi connectivity index (χ4n) is 1.80. The number of imide groups is 1. The molecule has 0 fully saturated rings. The number of urea groups is 1. The van der Waals surface area contributed by atoms with Crippen LogP contribution in [0.4, 0.5) is 14.9 Å². The van der Waals surface area contributed by atoms with Gasteiger partial charge in [0, 0.05) is 6.20 Å². The number of amides is 3. The molecule has 0 atom stereocenters. The largest absolute Gasteiger partial charge is 0.452 e. The molecule has 0 bridgehead atoms. The second-order valence-corrected chi connectivity index (χ2v) is 5.41. The number of nitrogens with one attached hydrogen (secondary N) is 2. The molecule has 1 aromatic carbocycles. The average molecular weight is 363 g/mol. The van der Waals surface area contributed by atoms with Crippen LogP contribution in [-0.2, 0) is 9.53 Å². The number of rotatable bonds is 5. The van der Waals surface area contributed by atoms with Crippen LogP contribution in [0.2, 0.25) is 0 Å². The van der Waals surface area contributed by atoms with Gasteiger partial charge in [0.25, 0.3) is 5.91 Å². The van der Waals surface area contributed by atoms with E-state index in [4.69, 9.17) is 4.74 Å². The van der Waals surface area contributed by atoms with E-state index in [1.165, 1.54) is 42.2 Å². The number of carbonyl (C=O) groups is 3. The van der Waals surface area contributed by atoms with Gasteiger partial charge in [0.1, 0.15) is 10.8 Å². The first kappa shape index (κ1) is 18.4. The van der Waals surface area contributed by atoms with E-state index in [-0.39, 0.29) is 11.3 Å². The summed E-state index contributed by atoms with van der Waals surface area (Å²) in [6.45, 7) is -0.660. The number of anilines is 1. The Balaban J connectivity index is 1.85. The molecule has 2 rings (SSSR count). The summed E-state index contributed by atoms with van der Waals surface area (Å²) in [5, 5.41) is 4.58. The number of carbonyl (C=O) groups excluding carboxylic acids is 3. The van der Waals surface area contributed by atoms with Crippen LogP contribution in [0.25, 0.3) is 0 Å². The summed E-state index contributed by atoms with van der Waals surface area (Å²) in [7, 11) is 0. The van der Waals surface area contributed by atoms with E-state index in [9.17, 15) is 18.8 Å². The fraction of sp³-hybridized carbons (Fsp3) is 0.125. The van der Waals surface area contributed by atoms with Crippen molar-refractivity contribution in [2.75, 3.05) is 18.2 Å². The zero-order chi connectivity index (χ0) is 18.2. The van der Waals surface area contributed by atoms with Gasteiger partial charge in [0.05, 0.1) is 11.3 Å². The van der Waals surface area contributed by atoms with Gasteiger partial charge in [-0.05, 0) is 30.5 Å². The summed E-state index contributed by atoms with van der Waals surface area (Å²) in [6.07, 6.45) is 3.28. The number of pyridine rings is 1. The highest BCUT2D eigenvalue weighted by Gasteiger charge is 2.16. The number of hydrogen-bond donors (Lipinski definition) is 2. The molecule has 0 radical (unpaired) electrons. The normalized spacial score (nSPS) is 10.0. The van der Waals surface area contributed by atoms with Crippen molar-refractivity contribution in [3.8, 4) is 0 Å². The molecule has 0 aliphatic carbocycles. The number of nitrogens with zero attached hydrogens (tertiary/aromatic N) is 1. The molecular formula is C16H14FN3O4S. The molecule has 2 N–H and O–H groups in total. The van der Waals surface area contributed by atoms with Gasteiger partial charge in [-0.2, -0.15) is 0 Å². The number of thioether (sulfide) groups is 1. The van der Waals surface area contributed by atoms with E-state index in [0.717, 1.165) is 6.07 Å². The van der Waals surface area contributed by atoms with Gasteiger partial charge in [0.15, 0.2) is 6.61 Å². The monoisotopic (exact) mass is 363 g/mol. The van der Waals surface area contributed by atoms with Crippen molar-refractivity contribution in [3.63, 3.8) is 0 Å². The maximum absolute atomic E-state index is 13.4. The van der Waals surface area contributed by atoms with Crippen molar-refractivity contribution in [1.29, 1.82) is 0 Å². The topological polar surface area (TPSA) is 97.4 Å². The van der Waals surface area contributed by atoms with Crippen molar-refractivity contribution in [2.24, 2.45) is 0 Å². The number of esters is 1. The van der Waals surface area contributed by atoms with Gasteiger partial charge in [0.2, 0.25) is 0 Å². The Morgan fingerprint density at radius 1 is 1.20 bits per heavy atom. The first-order valence-electron chi connectivity index (χ1n) is 7.02. The fourth-order valence-corrected chi connectivity index (χ4v) is 2.33. The third-order valence-electron chi connectivity index (χ3n) is 2.89. The predicted molar refractivity (Wildman–Crippen MR) is 89.9 cm³/mol. The van der Waals surface area contributed by atoms with Crippen LogP contribution >= 0.6 is 11.8 Å². The molecule has 0 aliphatic rings. The highest BCUT2D eigenvalue weighted by molar-refractivity contribution is 7.98. The molecule has 9 heteroatoms. The number of halogens is 1. The standard InChI is InChI=1S/C16H14FN3O4S/c1-25-14-10(5-4-8-18-14)15(22)24-9-13(21)20-16(23)19-12-7-3-2-6-11(12)17/h2-8H,9H2,1H3,(H2,19,20,21,23). The maximum atomic E-state index is 13.4. The third kappa shape index (κ3) is 5.28. The molecule has 1 aromatic heterocycles. The van der Waals surface area contributed by atoms with Crippen LogP contribution in [0.3, 0.4) is 0 Å². The highest BCUT2D eigenvalue weighted by atomic mass is 32.2. The minimum Gasteiger partial charge on any atom is -0.452 e. The molecule has 130 valence electrons. The second-order valence-electron chi connectivity index (χ2n) is 4.62. The van der Waals surface area contributed by atoms with Gasteiger partial charge in [-0.1, -0.05) is 12.1 Å². The molecule has 25 heavy (non-hydrogen) atoms. The molecule has 1 heterocycles. The summed E-state index contributed by atoms with van der Waals surface area (Å²) in [6, 6.07) is 7.64. The van der Waals surface area contributed by atoms with Gasteiger partial charge >= 0.3 is 12.0 Å². The molecule has 0 unspecified atom stereocenters. The SMILES string of the molecule is CSc1ncccc1C(=O)OCC(=O)NC(=O)Nc1ccccc1F. The number of ether oxygens (including phenoxy) is 1. The van der Waals surface area contributed by atoms with Crippen molar-refractivity contribution in [3.05, 3.63) is 54.0 Å². The molecule has 7 nitrogen and oxygen atoms in total. The van der Waals surface area contributed by atoms with E-state index in [1.807, 2.05) is 5.32 Å². The van der Waals surface area contributed by atoms with Crippen LogP contribution in [-0.4, -0.2) is 35.8 Å². The summed E-state index contributed by atoms with van der Waals surface area (Å²) in [5.74, 6) is -2.23. The first-order valence-corrected chi connectivity index (χ1v) is 8.25. The van der Waals surface area contributed by atoms with Crippen LogP contribution in [0, 0.1) is 5.82 Å². The molecule has 0 aliphatic heterocycles. The Morgan fingerprint density at radius 2 is 1.96 bits per heavy atom. The predicted octanol–water partition coefficient (Wildman–Crippen LogP) is 2.45. The van der Waals surface area contributed by atoms with Crippen molar-refractivity contribution < 1.29 is 23.5 Å².